The fourth-order valence-electron chi connectivity index (χ4n) is 3.49. The summed E-state index contributed by atoms with van der Waals surface area (Å²) in [6.07, 6.45) is 10.3. The maximum atomic E-state index is 12.7. The third-order valence-electron chi connectivity index (χ3n) is 4.81. The average molecular weight is 346 g/mol. The molecule has 0 spiro atoms. The van der Waals surface area contributed by atoms with Gasteiger partial charge < -0.3 is 14.4 Å². The first kappa shape index (κ1) is 17.7. The van der Waals surface area contributed by atoms with Crippen LogP contribution in [-0.2, 0) is 11.3 Å². The molecule has 3 heterocycles. The summed E-state index contributed by atoms with van der Waals surface area (Å²) in [5.41, 5.74) is 0. The summed E-state index contributed by atoms with van der Waals surface area (Å²) >= 11 is 0. The Balaban J connectivity index is 1.56. The van der Waals surface area contributed by atoms with Gasteiger partial charge in [-0.15, -0.1) is 5.10 Å². The normalized spacial score (nSPS) is 19.6. The molecule has 0 bridgehead atoms. The minimum absolute atomic E-state index is 0.0708. The first-order valence-corrected chi connectivity index (χ1v) is 9.09. The predicted octanol–water partition coefficient (Wildman–Crippen LogP) is 2.55. The second-order valence-electron chi connectivity index (χ2n) is 6.63. The van der Waals surface area contributed by atoms with E-state index in [0.29, 0.717) is 25.1 Å². The monoisotopic (exact) mass is 346 g/mol. The molecule has 7 heteroatoms. The van der Waals surface area contributed by atoms with Crippen LogP contribution in [0.3, 0.4) is 0 Å². The van der Waals surface area contributed by atoms with Crippen LogP contribution >= 0.6 is 0 Å². The Bertz CT molecular complexity index is 627. The van der Waals surface area contributed by atoms with E-state index in [1.165, 1.54) is 0 Å². The SMILES string of the molecule is O=C(CCCn1ccnn1)N1CCCCCC1CC(O)c1ccco1. The third kappa shape index (κ3) is 4.92. The van der Waals surface area contributed by atoms with Gasteiger partial charge in [0, 0.05) is 38.2 Å². The van der Waals surface area contributed by atoms with Crippen molar-refractivity contribution < 1.29 is 14.3 Å². The molecule has 0 aliphatic carbocycles. The molecular formula is C18H26N4O3. The molecular weight excluding hydrogens is 320 g/mol. The standard InChI is InChI=1S/C18H26N4O3/c23-16(17-7-5-13-25-17)14-15-6-2-1-3-11-22(15)18(24)8-4-10-21-12-9-19-20-21/h5,7,9,12-13,15-16,23H,1-4,6,8,10-11,14H2. The van der Waals surface area contributed by atoms with Crippen molar-refractivity contribution >= 4 is 5.91 Å². The van der Waals surface area contributed by atoms with Crippen LogP contribution in [0.15, 0.2) is 35.2 Å². The Morgan fingerprint density at radius 3 is 3.08 bits per heavy atom. The average Bonchev–Trinajstić information content (AvgIpc) is 3.27. The number of aliphatic hydroxyl groups excluding tert-OH is 1. The molecule has 2 aromatic rings. The number of furan rings is 1. The molecule has 1 N–H and O–H groups in total. The van der Waals surface area contributed by atoms with Crippen LogP contribution in [0.1, 0.15) is 56.8 Å². The maximum Gasteiger partial charge on any atom is 0.222 e. The molecule has 3 rings (SSSR count). The number of carbonyl (C=O) groups excluding carboxylic acids is 1. The van der Waals surface area contributed by atoms with Crippen LogP contribution in [0.25, 0.3) is 0 Å². The van der Waals surface area contributed by atoms with Crippen molar-refractivity contribution in [3.05, 3.63) is 36.5 Å². The molecule has 2 aromatic heterocycles. The molecule has 136 valence electrons. The minimum atomic E-state index is -0.663. The van der Waals surface area contributed by atoms with Crippen molar-refractivity contribution in [1.29, 1.82) is 0 Å². The zero-order valence-corrected chi connectivity index (χ0v) is 14.5. The summed E-state index contributed by atoms with van der Waals surface area (Å²) in [5.74, 6) is 0.737. The lowest BCUT2D eigenvalue weighted by atomic mass is 10.0. The summed E-state index contributed by atoms with van der Waals surface area (Å²) in [4.78, 5) is 14.7. The van der Waals surface area contributed by atoms with E-state index in [2.05, 4.69) is 10.3 Å². The van der Waals surface area contributed by atoms with Gasteiger partial charge in [-0.3, -0.25) is 9.48 Å². The molecule has 1 fully saturated rings. The third-order valence-corrected chi connectivity index (χ3v) is 4.81. The van der Waals surface area contributed by atoms with Gasteiger partial charge in [0.15, 0.2) is 0 Å². The van der Waals surface area contributed by atoms with Crippen LogP contribution in [0.4, 0.5) is 0 Å². The first-order chi connectivity index (χ1) is 12.2. The number of aliphatic hydroxyl groups is 1. The number of hydrogen-bond donors (Lipinski definition) is 1. The Labute approximate surface area is 147 Å². The van der Waals surface area contributed by atoms with Gasteiger partial charge in [-0.25, -0.2) is 0 Å². The van der Waals surface area contributed by atoms with Crippen molar-refractivity contribution in [3.63, 3.8) is 0 Å². The van der Waals surface area contributed by atoms with E-state index in [-0.39, 0.29) is 11.9 Å². The van der Waals surface area contributed by atoms with Crippen LogP contribution in [0.2, 0.25) is 0 Å². The lowest BCUT2D eigenvalue weighted by Crippen LogP contribution is -2.40. The highest BCUT2D eigenvalue weighted by Crippen LogP contribution is 2.27. The van der Waals surface area contributed by atoms with E-state index < -0.39 is 6.10 Å². The van der Waals surface area contributed by atoms with Crippen LogP contribution < -0.4 is 0 Å². The van der Waals surface area contributed by atoms with Gasteiger partial charge in [0.1, 0.15) is 11.9 Å². The Hall–Kier alpha value is -2.15. The van der Waals surface area contributed by atoms with Gasteiger partial charge in [-0.2, -0.15) is 0 Å². The fraction of sp³-hybridized carbons (Fsp3) is 0.611. The second kappa shape index (κ2) is 8.80. The lowest BCUT2D eigenvalue weighted by molar-refractivity contribution is -0.134. The summed E-state index contributed by atoms with van der Waals surface area (Å²) in [7, 11) is 0. The Morgan fingerprint density at radius 2 is 2.32 bits per heavy atom. The summed E-state index contributed by atoms with van der Waals surface area (Å²) < 4.78 is 7.04. The van der Waals surface area contributed by atoms with Crippen LogP contribution in [0.5, 0.6) is 0 Å². The molecule has 1 amide bonds. The van der Waals surface area contributed by atoms with Crippen molar-refractivity contribution in [1.82, 2.24) is 19.9 Å². The lowest BCUT2D eigenvalue weighted by Gasteiger charge is -2.31. The number of aryl methyl sites for hydroxylation is 1. The molecule has 1 aliphatic heterocycles. The zero-order valence-electron chi connectivity index (χ0n) is 14.5. The number of carbonyl (C=O) groups is 1. The van der Waals surface area contributed by atoms with E-state index in [4.69, 9.17) is 4.42 Å². The van der Waals surface area contributed by atoms with Gasteiger partial charge in [0.05, 0.1) is 12.5 Å². The highest BCUT2D eigenvalue weighted by molar-refractivity contribution is 5.76. The summed E-state index contributed by atoms with van der Waals surface area (Å²) in [6.45, 7) is 1.47. The van der Waals surface area contributed by atoms with Gasteiger partial charge in [-0.05, 0) is 31.4 Å². The zero-order chi connectivity index (χ0) is 17.5. The topological polar surface area (TPSA) is 84.4 Å². The van der Waals surface area contributed by atoms with Crippen molar-refractivity contribution in [2.45, 2.75) is 63.6 Å². The first-order valence-electron chi connectivity index (χ1n) is 9.09. The number of nitrogens with zero attached hydrogens (tertiary/aromatic N) is 4. The van der Waals surface area contributed by atoms with E-state index >= 15 is 0 Å². The Morgan fingerprint density at radius 1 is 1.40 bits per heavy atom. The van der Waals surface area contributed by atoms with Crippen LogP contribution in [-0.4, -0.2) is 43.5 Å². The van der Waals surface area contributed by atoms with E-state index in [9.17, 15) is 9.90 Å². The van der Waals surface area contributed by atoms with E-state index in [1.54, 1.807) is 35.5 Å². The summed E-state index contributed by atoms with van der Waals surface area (Å²) in [6, 6.07) is 3.63. The van der Waals surface area contributed by atoms with Crippen molar-refractivity contribution in [2.75, 3.05) is 6.54 Å². The largest absolute Gasteiger partial charge is 0.467 e. The molecule has 0 radical (unpaired) electrons. The number of hydrogen-bond acceptors (Lipinski definition) is 5. The van der Waals surface area contributed by atoms with E-state index in [0.717, 1.165) is 38.6 Å². The van der Waals surface area contributed by atoms with Gasteiger partial charge in [0.25, 0.3) is 0 Å². The number of amides is 1. The minimum Gasteiger partial charge on any atom is -0.467 e. The number of rotatable bonds is 7. The highest BCUT2D eigenvalue weighted by Gasteiger charge is 2.28. The number of aromatic nitrogens is 3. The molecule has 2 atom stereocenters. The Kier molecular flexibility index (Phi) is 6.22. The predicted molar refractivity (Wildman–Crippen MR) is 91.5 cm³/mol. The molecule has 1 saturated heterocycles. The maximum absolute atomic E-state index is 12.7. The molecule has 25 heavy (non-hydrogen) atoms. The van der Waals surface area contributed by atoms with Gasteiger partial charge in [-0.1, -0.05) is 18.1 Å². The second-order valence-corrected chi connectivity index (χ2v) is 6.63. The van der Waals surface area contributed by atoms with E-state index in [1.807, 2.05) is 4.90 Å². The van der Waals surface area contributed by atoms with Crippen molar-refractivity contribution in [3.8, 4) is 0 Å². The fourth-order valence-corrected chi connectivity index (χ4v) is 3.49. The van der Waals surface area contributed by atoms with Crippen molar-refractivity contribution in [2.24, 2.45) is 0 Å². The molecule has 7 nitrogen and oxygen atoms in total. The number of likely N-dealkylation sites (tertiary alicyclic amines) is 1. The highest BCUT2D eigenvalue weighted by atomic mass is 16.4. The summed E-state index contributed by atoms with van der Waals surface area (Å²) in [5, 5.41) is 18.1. The molecule has 1 aliphatic rings. The van der Waals surface area contributed by atoms with Gasteiger partial charge in [0.2, 0.25) is 5.91 Å². The quantitative estimate of drug-likeness (QED) is 0.833. The molecule has 0 aromatic carbocycles. The van der Waals surface area contributed by atoms with Gasteiger partial charge >= 0.3 is 0 Å². The molecule has 0 saturated carbocycles. The van der Waals surface area contributed by atoms with Crippen LogP contribution in [0, 0.1) is 0 Å². The smallest absolute Gasteiger partial charge is 0.222 e. The molecule has 2 unspecified atom stereocenters.